The van der Waals surface area contributed by atoms with E-state index >= 15 is 0 Å². The van der Waals surface area contributed by atoms with Gasteiger partial charge < -0.3 is 19.3 Å². The number of carbonyl (C=O) groups excluding carboxylic acids is 1. The molecule has 4 rings (SSSR count). The molecule has 1 amide bonds. The van der Waals surface area contributed by atoms with Gasteiger partial charge in [-0.1, -0.05) is 0 Å². The molecule has 9 nitrogen and oxygen atoms in total. The summed E-state index contributed by atoms with van der Waals surface area (Å²) >= 11 is 0. The molecule has 0 saturated heterocycles. The van der Waals surface area contributed by atoms with Gasteiger partial charge in [0.05, 0.1) is 11.7 Å². The van der Waals surface area contributed by atoms with E-state index in [1.165, 1.54) is 4.57 Å². The Bertz CT molecular complexity index is 1230. The van der Waals surface area contributed by atoms with E-state index in [1.54, 1.807) is 36.2 Å². The Balaban J connectivity index is 1.73. The fraction of sp³-hybridized carbons (Fsp3) is 0.263. The molecule has 1 atom stereocenters. The maximum Gasteiger partial charge on any atom is 0.294 e. The molecule has 0 aliphatic carbocycles. The third kappa shape index (κ3) is 2.90. The van der Waals surface area contributed by atoms with Crippen LogP contribution in [0.5, 0.6) is 0 Å². The molecule has 0 radical (unpaired) electrons. The normalized spacial score (nSPS) is 12.4. The van der Waals surface area contributed by atoms with Crippen LogP contribution in [0, 0.1) is 13.8 Å². The van der Waals surface area contributed by atoms with E-state index in [0.29, 0.717) is 11.5 Å². The van der Waals surface area contributed by atoms with Crippen LogP contribution in [0.25, 0.3) is 16.9 Å². The van der Waals surface area contributed by atoms with Gasteiger partial charge in [-0.25, -0.2) is 9.97 Å². The predicted octanol–water partition coefficient (Wildman–Crippen LogP) is 2.12. The lowest BCUT2D eigenvalue weighted by Gasteiger charge is -2.09. The van der Waals surface area contributed by atoms with E-state index in [1.807, 2.05) is 26.8 Å². The van der Waals surface area contributed by atoms with Gasteiger partial charge in [0, 0.05) is 37.4 Å². The largest absolute Gasteiger partial charge is 0.466 e. The van der Waals surface area contributed by atoms with E-state index in [2.05, 4.69) is 20.3 Å². The Morgan fingerprint density at radius 3 is 2.75 bits per heavy atom. The maximum absolute atomic E-state index is 12.8. The third-order valence-electron chi connectivity index (χ3n) is 4.68. The minimum Gasteiger partial charge on any atom is -0.466 e. The highest BCUT2D eigenvalue weighted by molar-refractivity contribution is 5.93. The molecule has 0 aliphatic heterocycles. The number of H-pyrrole nitrogens is 1. The van der Waals surface area contributed by atoms with E-state index in [9.17, 15) is 9.59 Å². The summed E-state index contributed by atoms with van der Waals surface area (Å²) in [7, 11) is 1.67. The van der Waals surface area contributed by atoms with Gasteiger partial charge >= 0.3 is 0 Å². The molecule has 4 heterocycles. The van der Waals surface area contributed by atoms with Crippen LogP contribution in [0.3, 0.4) is 0 Å². The number of nitrogens with zero attached hydrogens (tertiary/aromatic N) is 4. The summed E-state index contributed by atoms with van der Waals surface area (Å²) < 4.78 is 8.67. The molecule has 0 fully saturated rings. The number of nitrogens with one attached hydrogen (secondary N) is 2. The summed E-state index contributed by atoms with van der Waals surface area (Å²) in [6.07, 6.45) is 6.63. The monoisotopic (exact) mass is 380 g/mol. The minimum absolute atomic E-state index is 0.160. The summed E-state index contributed by atoms with van der Waals surface area (Å²) in [5.74, 6) is 1.74. The van der Waals surface area contributed by atoms with Crippen molar-refractivity contribution in [2.75, 3.05) is 0 Å². The molecular weight excluding hydrogens is 360 g/mol. The van der Waals surface area contributed by atoms with E-state index in [-0.39, 0.29) is 28.8 Å². The van der Waals surface area contributed by atoms with E-state index < -0.39 is 0 Å². The van der Waals surface area contributed by atoms with Crippen LogP contribution in [0.2, 0.25) is 0 Å². The molecule has 0 bridgehead atoms. The average Bonchev–Trinajstić information content (AvgIpc) is 3.37. The van der Waals surface area contributed by atoms with Crippen molar-refractivity contribution in [1.29, 1.82) is 0 Å². The Hall–Kier alpha value is -3.62. The average molecular weight is 380 g/mol. The van der Waals surface area contributed by atoms with E-state index in [4.69, 9.17) is 4.42 Å². The lowest BCUT2D eigenvalue weighted by atomic mass is 10.2. The molecule has 1 unspecified atom stereocenters. The second-order valence-electron chi connectivity index (χ2n) is 6.73. The standard InChI is InChI=1S/C19H20N6O3/c1-10-7-13(12(3)28-10)15-9-25-8-14(23-17(25)19(27)24(15)4)18(26)22-11(2)16-20-5-6-21-16/h5-9,11H,1-4H3,(H,20,21)(H,22,26). The number of aromatic nitrogens is 5. The first-order chi connectivity index (χ1) is 13.3. The van der Waals surface area contributed by atoms with Crippen molar-refractivity contribution in [1.82, 2.24) is 29.2 Å². The predicted molar refractivity (Wildman–Crippen MR) is 102 cm³/mol. The fourth-order valence-electron chi connectivity index (χ4n) is 3.23. The smallest absolute Gasteiger partial charge is 0.294 e. The van der Waals surface area contributed by atoms with Crippen LogP contribution in [0.1, 0.15) is 40.8 Å². The molecule has 144 valence electrons. The maximum atomic E-state index is 12.8. The fourth-order valence-corrected chi connectivity index (χ4v) is 3.23. The summed E-state index contributed by atoms with van der Waals surface area (Å²) in [4.78, 5) is 36.7. The minimum atomic E-state index is -0.383. The Kier molecular flexibility index (Phi) is 4.14. The molecule has 0 saturated carbocycles. The summed E-state index contributed by atoms with van der Waals surface area (Å²) in [5.41, 5.74) is 1.55. The second kappa shape index (κ2) is 6.52. The van der Waals surface area contributed by atoms with E-state index in [0.717, 1.165) is 17.1 Å². The van der Waals surface area contributed by atoms with Crippen LogP contribution in [0.15, 0.2) is 40.1 Å². The molecule has 4 aromatic rings. The Labute approximate surface area is 160 Å². The first-order valence-electron chi connectivity index (χ1n) is 8.81. The first kappa shape index (κ1) is 17.8. The topological polar surface area (TPSA) is 110 Å². The Morgan fingerprint density at radius 2 is 2.11 bits per heavy atom. The molecule has 4 aromatic heterocycles. The van der Waals surface area contributed by atoms with Crippen LogP contribution in [0.4, 0.5) is 0 Å². The summed E-state index contributed by atoms with van der Waals surface area (Å²) in [6, 6.07) is 1.56. The molecule has 9 heteroatoms. The number of fused-ring (bicyclic) bond motifs is 1. The molecule has 0 aromatic carbocycles. The van der Waals surface area contributed by atoms with Gasteiger partial charge in [0.2, 0.25) is 5.65 Å². The highest BCUT2D eigenvalue weighted by Gasteiger charge is 2.19. The van der Waals surface area contributed by atoms with Crippen molar-refractivity contribution >= 4 is 11.6 Å². The van der Waals surface area contributed by atoms with Gasteiger partial charge in [0.1, 0.15) is 23.0 Å². The number of aromatic amines is 1. The third-order valence-corrected chi connectivity index (χ3v) is 4.68. The Morgan fingerprint density at radius 1 is 1.32 bits per heavy atom. The van der Waals surface area contributed by atoms with Gasteiger partial charge in [-0.05, 0) is 26.8 Å². The number of carbonyl (C=O) groups is 1. The van der Waals surface area contributed by atoms with Crippen LogP contribution in [-0.4, -0.2) is 29.8 Å². The quantitative estimate of drug-likeness (QED) is 0.563. The zero-order valence-electron chi connectivity index (χ0n) is 16.0. The number of hydrogen-bond acceptors (Lipinski definition) is 5. The van der Waals surface area contributed by atoms with Crippen molar-refractivity contribution in [3.8, 4) is 11.3 Å². The van der Waals surface area contributed by atoms with Crippen LogP contribution in [-0.2, 0) is 7.05 Å². The lowest BCUT2D eigenvalue weighted by Crippen LogP contribution is -2.27. The molecular formula is C19H20N6O3. The number of rotatable bonds is 4. The van der Waals surface area contributed by atoms with Crippen LogP contribution < -0.4 is 10.9 Å². The van der Waals surface area contributed by atoms with Crippen molar-refractivity contribution < 1.29 is 9.21 Å². The number of furan rings is 1. The van der Waals surface area contributed by atoms with Crippen molar-refractivity contribution in [2.24, 2.45) is 7.05 Å². The van der Waals surface area contributed by atoms with Gasteiger partial charge in [0.25, 0.3) is 11.5 Å². The van der Waals surface area contributed by atoms with Crippen molar-refractivity contribution in [3.05, 3.63) is 64.2 Å². The number of hydrogen-bond donors (Lipinski definition) is 2. The van der Waals surface area contributed by atoms with Gasteiger partial charge in [-0.15, -0.1) is 0 Å². The number of imidazole rings is 2. The second-order valence-corrected chi connectivity index (χ2v) is 6.73. The van der Waals surface area contributed by atoms with Crippen molar-refractivity contribution in [2.45, 2.75) is 26.8 Å². The first-order valence-corrected chi connectivity index (χ1v) is 8.81. The number of amides is 1. The molecule has 28 heavy (non-hydrogen) atoms. The number of aryl methyl sites for hydroxylation is 2. The van der Waals surface area contributed by atoms with Gasteiger partial charge in [-0.2, -0.15) is 0 Å². The van der Waals surface area contributed by atoms with Gasteiger partial charge in [-0.3, -0.25) is 14.0 Å². The molecule has 0 spiro atoms. The highest BCUT2D eigenvalue weighted by atomic mass is 16.3. The van der Waals surface area contributed by atoms with Gasteiger partial charge in [0.15, 0.2) is 0 Å². The lowest BCUT2D eigenvalue weighted by molar-refractivity contribution is 0.0934. The van der Waals surface area contributed by atoms with Crippen molar-refractivity contribution in [3.63, 3.8) is 0 Å². The highest BCUT2D eigenvalue weighted by Crippen LogP contribution is 2.25. The molecule has 0 aliphatic rings. The SMILES string of the molecule is Cc1cc(-c2cn3cc(C(=O)NC(C)c4ncc[nH]4)nc3c(=O)n2C)c(C)o1. The summed E-state index contributed by atoms with van der Waals surface area (Å²) in [6.45, 7) is 5.51. The van der Waals surface area contributed by atoms with Crippen LogP contribution >= 0.6 is 0 Å². The molecule has 2 N–H and O–H groups in total. The zero-order valence-corrected chi connectivity index (χ0v) is 16.0. The summed E-state index contributed by atoms with van der Waals surface area (Å²) in [5, 5.41) is 2.82. The zero-order chi connectivity index (χ0) is 20.0.